The van der Waals surface area contributed by atoms with E-state index in [1.165, 1.54) is 0 Å². The van der Waals surface area contributed by atoms with E-state index >= 15 is 0 Å². The van der Waals surface area contributed by atoms with Gasteiger partial charge in [0.2, 0.25) is 0 Å². The van der Waals surface area contributed by atoms with Gasteiger partial charge in [-0.25, -0.2) is 18.4 Å². The smallest absolute Gasteiger partial charge is 0.411 e. The molecule has 0 bridgehead atoms. The Morgan fingerprint density at radius 1 is 0.966 bits per heavy atom. The average molecular weight is 399 g/mol. The van der Waals surface area contributed by atoms with Crippen LogP contribution in [-0.4, -0.2) is 18.2 Å². The van der Waals surface area contributed by atoms with Crippen molar-refractivity contribution in [1.82, 2.24) is 0 Å². The molecule has 7 heteroatoms. The number of hydrogen-bond donors (Lipinski definition) is 1. The lowest BCUT2D eigenvalue weighted by Gasteiger charge is -2.13. The maximum absolute atomic E-state index is 13.6. The van der Waals surface area contributed by atoms with Gasteiger partial charge in [0, 0.05) is 6.07 Å². The number of esters is 1. The maximum atomic E-state index is 13.6. The van der Waals surface area contributed by atoms with Gasteiger partial charge in [0.1, 0.15) is 6.61 Å². The van der Waals surface area contributed by atoms with Crippen LogP contribution in [0.5, 0.6) is 0 Å². The maximum Gasteiger partial charge on any atom is 0.411 e. The van der Waals surface area contributed by atoms with E-state index < -0.39 is 29.8 Å². The van der Waals surface area contributed by atoms with Crippen molar-refractivity contribution >= 4 is 28.5 Å². The van der Waals surface area contributed by atoms with Crippen molar-refractivity contribution in [3.8, 4) is 0 Å². The predicted octanol–water partition coefficient (Wildman–Crippen LogP) is 5.43. The molecule has 0 heterocycles. The zero-order valence-corrected chi connectivity index (χ0v) is 15.9. The second-order valence-corrected chi connectivity index (χ2v) is 6.65. The molecular weight excluding hydrogens is 380 g/mol. The Hall–Kier alpha value is -3.48. The lowest BCUT2D eigenvalue weighted by atomic mass is 10.1. The number of hydrogen-bond acceptors (Lipinski definition) is 4. The number of ether oxygens (including phenoxy) is 2. The molecule has 29 heavy (non-hydrogen) atoms. The molecule has 0 aliphatic rings. The molecule has 0 saturated heterocycles. The molecule has 150 valence electrons. The summed E-state index contributed by atoms with van der Waals surface area (Å²) in [5, 5.41) is 4.32. The van der Waals surface area contributed by atoms with Gasteiger partial charge in [-0.05, 0) is 42.3 Å². The van der Waals surface area contributed by atoms with Crippen molar-refractivity contribution in [3.05, 3.63) is 77.4 Å². The summed E-state index contributed by atoms with van der Waals surface area (Å²) in [6.45, 7) is 3.19. The van der Waals surface area contributed by atoms with Crippen molar-refractivity contribution in [1.29, 1.82) is 0 Å². The van der Waals surface area contributed by atoms with E-state index in [9.17, 15) is 18.4 Å². The van der Waals surface area contributed by atoms with Gasteiger partial charge in [0.25, 0.3) is 0 Å². The number of carbonyl (C=O) groups is 2. The van der Waals surface area contributed by atoms with Crippen LogP contribution in [0.4, 0.5) is 19.3 Å². The Morgan fingerprint density at radius 3 is 2.38 bits per heavy atom. The zero-order chi connectivity index (χ0) is 21.0. The first-order valence-electron chi connectivity index (χ1n) is 8.95. The van der Waals surface area contributed by atoms with Crippen LogP contribution in [0.3, 0.4) is 0 Å². The van der Waals surface area contributed by atoms with Gasteiger partial charge in [0.15, 0.2) is 11.6 Å². The zero-order valence-electron chi connectivity index (χ0n) is 15.9. The normalized spacial score (nSPS) is 10.8. The fraction of sp³-hybridized carbons (Fsp3) is 0.182. The molecule has 0 spiro atoms. The fourth-order valence-corrected chi connectivity index (χ4v) is 2.72. The van der Waals surface area contributed by atoms with Crippen LogP contribution in [0.2, 0.25) is 0 Å². The molecule has 1 amide bonds. The number of fused-ring (bicyclic) bond motifs is 1. The van der Waals surface area contributed by atoms with E-state index in [0.29, 0.717) is 12.1 Å². The van der Waals surface area contributed by atoms with E-state index in [1.54, 1.807) is 13.8 Å². The largest absolute Gasteiger partial charge is 0.459 e. The molecule has 0 atom stereocenters. The van der Waals surface area contributed by atoms with Crippen LogP contribution in [0, 0.1) is 11.6 Å². The van der Waals surface area contributed by atoms with Crippen LogP contribution < -0.4 is 5.32 Å². The van der Waals surface area contributed by atoms with Gasteiger partial charge in [-0.2, -0.15) is 0 Å². The second kappa shape index (κ2) is 8.68. The highest BCUT2D eigenvalue weighted by Gasteiger charge is 2.20. The van der Waals surface area contributed by atoms with Gasteiger partial charge in [-0.3, -0.25) is 5.32 Å². The van der Waals surface area contributed by atoms with Crippen molar-refractivity contribution in [2.75, 3.05) is 5.32 Å². The van der Waals surface area contributed by atoms with Crippen molar-refractivity contribution in [2.24, 2.45) is 0 Å². The van der Waals surface area contributed by atoms with Crippen LogP contribution >= 0.6 is 0 Å². The lowest BCUT2D eigenvalue weighted by molar-refractivity contribution is 0.0378. The third kappa shape index (κ3) is 5.07. The molecule has 0 saturated carbocycles. The SMILES string of the molecule is CC(C)OC(=O)c1cc(F)c(F)cc1NC(=O)OCc1ccc2ccccc2c1. The van der Waals surface area contributed by atoms with Gasteiger partial charge in [-0.1, -0.05) is 36.4 Å². The first-order chi connectivity index (χ1) is 13.8. The van der Waals surface area contributed by atoms with Gasteiger partial charge >= 0.3 is 12.1 Å². The molecule has 1 N–H and O–H groups in total. The Labute approximate surface area is 166 Å². The van der Waals surface area contributed by atoms with E-state index in [4.69, 9.17) is 9.47 Å². The first kappa shape index (κ1) is 20.3. The first-order valence-corrected chi connectivity index (χ1v) is 8.95. The van der Waals surface area contributed by atoms with E-state index in [2.05, 4.69) is 5.32 Å². The van der Waals surface area contributed by atoms with Crippen molar-refractivity contribution in [2.45, 2.75) is 26.6 Å². The van der Waals surface area contributed by atoms with Crippen molar-refractivity contribution in [3.63, 3.8) is 0 Å². The number of amides is 1. The molecule has 3 aromatic rings. The Kier molecular flexibility index (Phi) is 6.07. The molecule has 0 aliphatic carbocycles. The quantitative estimate of drug-likeness (QED) is 0.581. The summed E-state index contributed by atoms with van der Waals surface area (Å²) in [4.78, 5) is 24.3. The summed E-state index contributed by atoms with van der Waals surface area (Å²) in [5.41, 5.74) is 0.210. The molecule has 3 rings (SSSR count). The number of carbonyl (C=O) groups excluding carboxylic acids is 2. The van der Waals surface area contributed by atoms with Crippen LogP contribution in [0.15, 0.2) is 54.6 Å². The summed E-state index contributed by atoms with van der Waals surface area (Å²) < 4.78 is 37.3. The third-order valence-corrected chi connectivity index (χ3v) is 4.04. The number of halogens is 2. The van der Waals surface area contributed by atoms with Crippen LogP contribution in [0.1, 0.15) is 29.8 Å². The number of rotatable bonds is 5. The monoisotopic (exact) mass is 399 g/mol. The summed E-state index contributed by atoms with van der Waals surface area (Å²) >= 11 is 0. The summed E-state index contributed by atoms with van der Waals surface area (Å²) in [7, 11) is 0. The minimum Gasteiger partial charge on any atom is -0.459 e. The van der Waals surface area contributed by atoms with Crippen molar-refractivity contribution < 1.29 is 27.8 Å². The molecule has 3 aromatic carbocycles. The number of nitrogens with one attached hydrogen (secondary N) is 1. The number of benzene rings is 3. The topological polar surface area (TPSA) is 64.6 Å². The fourth-order valence-electron chi connectivity index (χ4n) is 2.72. The van der Waals surface area contributed by atoms with Crippen LogP contribution in [-0.2, 0) is 16.1 Å². The Morgan fingerprint density at radius 2 is 1.66 bits per heavy atom. The standard InChI is InChI=1S/C22H19F2NO4/c1-13(2)29-21(26)17-10-18(23)19(24)11-20(17)25-22(27)28-12-14-7-8-15-5-3-4-6-16(15)9-14/h3-11,13H,12H2,1-2H3,(H,25,27). The summed E-state index contributed by atoms with van der Waals surface area (Å²) in [5.74, 6) is -3.32. The Bertz CT molecular complexity index is 1070. The molecule has 0 radical (unpaired) electrons. The molecule has 0 aromatic heterocycles. The van der Waals surface area contributed by atoms with E-state index in [1.807, 2.05) is 42.5 Å². The van der Waals surface area contributed by atoms with Gasteiger partial charge in [0.05, 0.1) is 17.4 Å². The summed E-state index contributed by atoms with van der Waals surface area (Å²) in [6, 6.07) is 14.7. The lowest BCUT2D eigenvalue weighted by Crippen LogP contribution is -2.19. The average Bonchev–Trinajstić information content (AvgIpc) is 2.68. The molecule has 0 fully saturated rings. The molecule has 0 unspecified atom stereocenters. The highest BCUT2D eigenvalue weighted by Crippen LogP contribution is 2.22. The Balaban J connectivity index is 1.72. The third-order valence-electron chi connectivity index (χ3n) is 4.04. The second-order valence-electron chi connectivity index (χ2n) is 6.65. The van der Waals surface area contributed by atoms with E-state index in [0.717, 1.165) is 16.3 Å². The molecule has 5 nitrogen and oxygen atoms in total. The predicted molar refractivity (Wildman–Crippen MR) is 105 cm³/mol. The highest BCUT2D eigenvalue weighted by atomic mass is 19.2. The summed E-state index contributed by atoms with van der Waals surface area (Å²) in [6.07, 6.45) is -1.38. The van der Waals surface area contributed by atoms with Crippen LogP contribution in [0.25, 0.3) is 10.8 Å². The minimum atomic E-state index is -1.23. The van der Waals surface area contributed by atoms with E-state index in [-0.39, 0.29) is 17.9 Å². The van der Waals surface area contributed by atoms with Gasteiger partial charge in [-0.15, -0.1) is 0 Å². The van der Waals surface area contributed by atoms with Gasteiger partial charge < -0.3 is 9.47 Å². The molecular formula is C22H19F2NO4. The number of anilines is 1. The minimum absolute atomic E-state index is 0.0356. The molecule has 0 aliphatic heterocycles. The highest BCUT2D eigenvalue weighted by molar-refractivity contribution is 5.99.